The topological polar surface area (TPSA) is 61.9 Å². The Morgan fingerprint density at radius 3 is 3.27 bits per heavy atom. The largest absolute Gasteiger partial charge is 0.346 e. The van der Waals surface area contributed by atoms with Crippen LogP contribution in [0.15, 0.2) is 36.2 Å². The number of pyridine rings is 1. The first-order valence-electron chi connectivity index (χ1n) is 7.39. The lowest BCUT2D eigenvalue weighted by molar-refractivity contribution is 0.0791. The van der Waals surface area contributed by atoms with Crippen molar-refractivity contribution in [2.75, 3.05) is 13.1 Å². The molecule has 22 heavy (non-hydrogen) atoms. The highest BCUT2D eigenvalue weighted by Gasteiger charge is 2.27. The van der Waals surface area contributed by atoms with Crippen molar-refractivity contribution >= 4 is 28.3 Å². The van der Waals surface area contributed by atoms with Crippen molar-refractivity contribution in [3.63, 3.8) is 0 Å². The lowest BCUT2D eigenvalue weighted by atomic mass is 9.99. The van der Waals surface area contributed by atoms with Gasteiger partial charge in [-0.15, -0.1) is 11.3 Å². The standard InChI is InChI=1S/C16H16N4OS/c21-16(14-8-17-10-22-14)20-4-2-11(9-20)5-12-6-13-1-3-18-15(13)19-7-12/h1,3,6-8,10-11H,2,4-5,9H2,(H,18,19). The minimum absolute atomic E-state index is 0.115. The lowest BCUT2D eigenvalue weighted by Crippen LogP contribution is -2.28. The summed E-state index contributed by atoms with van der Waals surface area (Å²) in [5.74, 6) is 0.624. The Balaban J connectivity index is 1.43. The quantitative estimate of drug-likeness (QED) is 0.809. The van der Waals surface area contributed by atoms with E-state index in [9.17, 15) is 4.79 Å². The van der Waals surface area contributed by atoms with Crippen LogP contribution >= 0.6 is 11.3 Å². The Labute approximate surface area is 132 Å². The molecule has 0 bridgehead atoms. The van der Waals surface area contributed by atoms with E-state index in [2.05, 4.69) is 21.0 Å². The van der Waals surface area contributed by atoms with E-state index in [0.717, 1.165) is 41.8 Å². The SMILES string of the molecule is O=C(c1cncs1)N1CCC(Cc2cnc3[nH]ccc3c2)C1. The number of carbonyl (C=O) groups is 1. The van der Waals surface area contributed by atoms with Gasteiger partial charge in [-0.2, -0.15) is 0 Å². The Morgan fingerprint density at radius 2 is 2.41 bits per heavy atom. The van der Waals surface area contributed by atoms with Gasteiger partial charge in [-0.3, -0.25) is 9.78 Å². The van der Waals surface area contributed by atoms with Crippen LogP contribution < -0.4 is 0 Å². The van der Waals surface area contributed by atoms with Crippen molar-refractivity contribution in [1.29, 1.82) is 0 Å². The number of rotatable bonds is 3. The van der Waals surface area contributed by atoms with Crippen LogP contribution in [0, 0.1) is 5.92 Å². The second-order valence-corrected chi connectivity index (χ2v) is 6.62. The first-order chi connectivity index (χ1) is 10.8. The predicted molar refractivity (Wildman–Crippen MR) is 85.9 cm³/mol. The second kappa shape index (κ2) is 5.53. The summed E-state index contributed by atoms with van der Waals surface area (Å²) in [4.78, 5) is 26.5. The zero-order valence-electron chi connectivity index (χ0n) is 12.0. The number of H-pyrrole nitrogens is 1. The van der Waals surface area contributed by atoms with E-state index in [1.165, 1.54) is 16.9 Å². The molecule has 0 spiro atoms. The number of hydrogen-bond acceptors (Lipinski definition) is 4. The summed E-state index contributed by atoms with van der Waals surface area (Å²) in [6, 6.07) is 4.23. The normalized spacial score (nSPS) is 18.2. The van der Waals surface area contributed by atoms with Crippen molar-refractivity contribution in [1.82, 2.24) is 19.9 Å². The van der Waals surface area contributed by atoms with E-state index < -0.39 is 0 Å². The van der Waals surface area contributed by atoms with E-state index in [4.69, 9.17) is 0 Å². The molecule has 1 unspecified atom stereocenters. The van der Waals surface area contributed by atoms with Crippen LogP contribution in [-0.2, 0) is 6.42 Å². The molecule has 1 fully saturated rings. The van der Waals surface area contributed by atoms with Gasteiger partial charge < -0.3 is 9.88 Å². The molecule has 1 N–H and O–H groups in total. The van der Waals surface area contributed by atoms with Crippen LogP contribution in [0.4, 0.5) is 0 Å². The summed E-state index contributed by atoms with van der Waals surface area (Å²) in [5.41, 5.74) is 3.87. The van der Waals surface area contributed by atoms with Gasteiger partial charge >= 0.3 is 0 Å². The van der Waals surface area contributed by atoms with Crippen LogP contribution in [0.3, 0.4) is 0 Å². The molecule has 0 aliphatic carbocycles. The Morgan fingerprint density at radius 1 is 1.45 bits per heavy atom. The molecule has 0 radical (unpaired) electrons. The predicted octanol–water partition coefficient (Wildman–Crippen LogP) is 2.72. The zero-order chi connectivity index (χ0) is 14.9. The summed E-state index contributed by atoms with van der Waals surface area (Å²) >= 11 is 1.41. The fourth-order valence-electron chi connectivity index (χ4n) is 3.09. The maximum atomic E-state index is 12.3. The van der Waals surface area contributed by atoms with Gasteiger partial charge in [-0.25, -0.2) is 4.98 Å². The third kappa shape index (κ3) is 2.50. The van der Waals surface area contributed by atoms with Crippen LogP contribution in [0.5, 0.6) is 0 Å². The number of nitrogens with zero attached hydrogens (tertiary/aromatic N) is 3. The Hall–Kier alpha value is -2.21. The van der Waals surface area contributed by atoms with E-state index in [1.807, 2.05) is 23.4 Å². The molecule has 0 aromatic carbocycles. The molecule has 6 heteroatoms. The van der Waals surface area contributed by atoms with Crippen LogP contribution in [-0.4, -0.2) is 38.8 Å². The van der Waals surface area contributed by atoms with E-state index in [-0.39, 0.29) is 5.91 Å². The Kier molecular flexibility index (Phi) is 3.38. The summed E-state index contributed by atoms with van der Waals surface area (Å²) in [6.45, 7) is 1.66. The molecule has 4 heterocycles. The molecule has 1 amide bonds. The molecule has 1 aliphatic heterocycles. The number of aromatic amines is 1. The number of fused-ring (bicyclic) bond motifs is 1. The number of aromatic nitrogens is 3. The monoisotopic (exact) mass is 312 g/mol. The zero-order valence-corrected chi connectivity index (χ0v) is 12.8. The fraction of sp³-hybridized carbons (Fsp3) is 0.312. The number of likely N-dealkylation sites (tertiary alicyclic amines) is 1. The molecule has 1 saturated heterocycles. The van der Waals surface area contributed by atoms with Gasteiger partial charge in [-0.05, 0) is 36.5 Å². The molecule has 1 aliphatic rings. The average Bonchev–Trinajstić information content (AvgIpc) is 3.27. The van der Waals surface area contributed by atoms with Crippen molar-refractivity contribution in [2.45, 2.75) is 12.8 Å². The minimum atomic E-state index is 0.115. The minimum Gasteiger partial charge on any atom is -0.346 e. The molecular weight excluding hydrogens is 296 g/mol. The van der Waals surface area contributed by atoms with E-state index >= 15 is 0 Å². The van der Waals surface area contributed by atoms with Gasteiger partial charge in [-0.1, -0.05) is 0 Å². The average molecular weight is 312 g/mol. The van der Waals surface area contributed by atoms with Crippen molar-refractivity contribution < 1.29 is 4.79 Å². The van der Waals surface area contributed by atoms with Crippen molar-refractivity contribution in [3.8, 4) is 0 Å². The molecule has 112 valence electrons. The first kappa shape index (κ1) is 13.5. The molecule has 1 atom stereocenters. The molecule has 4 rings (SSSR count). The highest BCUT2D eigenvalue weighted by Crippen LogP contribution is 2.24. The summed E-state index contributed by atoms with van der Waals surface area (Å²) in [5, 5.41) is 1.15. The van der Waals surface area contributed by atoms with Crippen LogP contribution in [0.1, 0.15) is 21.7 Å². The number of thiazole rings is 1. The van der Waals surface area contributed by atoms with E-state index in [1.54, 1.807) is 11.7 Å². The van der Waals surface area contributed by atoms with Crippen LogP contribution in [0.25, 0.3) is 11.0 Å². The number of nitrogens with one attached hydrogen (secondary N) is 1. The molecule has 3 aromatic heterocycles. The lowest BCUT2D eigenvalue weighted by Gasteiger charge is -2.15. The van der Waals surface area contributed by atoms with Gasteiger partial charge in [0.15, 0.2) is 0 Å². The highest BCUT2D eigenvalue weighted by molar-refractivity contribution is 7.11. The van der Waals surface area contributed by atoms with Gasteiger partial charge in [0, 0.05) is 30.9 Å². The van der Waals surface area contributed by atoms with Gasteiger partial charge in [0.25, 0.3) is 5.91 Å². The molecule has 3 aromatic rings. The van der Waals surface area contributed by atoms with Gasteiger partial charge in [0.2, 0.25) is 0 Å². The molecule has 5 nitrogen and oxygen atoms in total. The fourth-order valence-corrected chi connectivity index (χ4v) is 3.68. The molecule has 0 saturated carbocycles. The van der Waals surface area contributed by atoms with Gasteiger partial charge in [0.05, 0.1) is 11.7 Å². The van der Waals surface area contributed by atoms with E-state index in [0.29, 0.717) is 5.92 Å². The second-order valence-electron chi connectivity index (χ2n) is 5.73. The van der Waals surface area contributed by atoms with Crippen LogP contribution in [0.2, 0.25) is 0 Å². The maximum Gasteiger partial charge on any atom is 0.265 e. The summed E-state index contributed by atoms with van der Waals surface area (Å²) in [7, 11) is 0. The van der Waals surface area contributed by atoms with Gasteiger partial charge in [0.1, 0.15) is 10.5 Å². The van der Waals surface area contributed by atoms with Crippen molar-refractivity contribution in [3.05, 3.63) is 46.7 Å². The smallest absolute Gasteiger partial charge is 0.265 e. The third-order valence-electron chi connectivity index (χ3n) is 4.20. The number of carbonyl (C=O) groups excluding carboxylic acids is 1. The third-order valence-corrected chi connectivity index (χ3v) is 4.96. The number of hydrogen-bond donors (Lipinski definition) is 1. The maximum absolute atomic E-state index is 12.3. The number of amides is 1. The first-order valence-corrected chi connectivity index (χ1v) is 8.27. The summed E-state index contributed by atoms with van der Waals surface area (Å²) in [6.07, 6.45) is 7.53. The Bertz CT molecular complexity index is 795. The molecular formula is C16H16N4OS. The summed E-state index contributed by atoms with van der Waals surface area (Å²) < 4.78 is 0. The van der Waals surface area contributed by atoms with Crippen molar-refractivity contribution in [2.24, 2.45) is 5.92 Å². The highest BCUT2D eigenvalue weighted by atomic mass is 32.1.